The van der Waals surface area contributed by atoms with E-state index in [2.05, 4.69) is 40.8 Å². The van der Waals surface area contributed by atoms with Gasteiger partial charge in [-0.25, -0.2) is 0 Å². The van der Waals surface area contributed by atoms with Crippen LogP contribution in [-0.2, 0) is 6.42 Å². The summed E-state index contributed by atoms with van der Waals surface area (Å²) in [5.74, 6) is 0. The highest BCUT2D eigenvalue weighted by molar-refractivity contribution is 6.99. The van der Waals surface area contributed by atoms with Gasteiger partial charge in [0.2, 0.25) is 0 Å². The first-order valence-electron chi connectivity index (χ1n) is 4.59. The topological polar surface area (TPSA) is 25.8 Å². The monoisotopic (exact) mass is 204 g/mol. The van der Waals surface area contributed by atoms with Crippen LogP contribution in [0, 0.1) is 13.8 Å². The molecule has 2 aromatic rings. The molecule has 1 aromatic carbocycles. The molecule has 0 amide bonds. The molecule has 0 saturated carbocycles. The summed E-state index contributed by atoms with van der Waals surface area (Å²) in [4.78, 5) is 0. The molecule has 1 aromatic heterocycles. The summed E-state index contributed by atoms with van der Waals surface area (Å²) in [7, 11) is 0. The Hall–Kier alpha value is -1.22. The van der Waals surface area contributed by atoms with Crippen LogP contribution in [0.4, 0.5) is 0 Å². The van der Waals surface area contributed by atoms with E-state index in [0.717, 1.165) is 12.1 Å². The van der Waals surface area contributed by atoms with Crippen LogP contribution in [0.5, 0.6) is 0 Å². The van der Waals surface area contributed by atoms with Crippen molar-refractivity contribution in [3.05, 3.63) is 46.8 Å². The Kier molecular flexibility index (Phi) is 2.59. The van der Waals surface area contributed by atoms with Crippen LogP contribution < -0.4 is 0 Å². The predicted octanol–water partition coefficient (Wildman–Crippen LogP) is 2.75. The Morgan fingerprint density at radius 1 is 1.29 bits per heavy atom. The molecule has 2 nitrogen and oxygen atoms in total. The smallest absolute Gasteiger partial charge is 0.0786 e. The van der Waals surface area contributed by atoms with Gasteiger partial charge in [-0.1, -0.05) is 18.2 Å². The standard InChI is InChI=1S/C11H12N2S/c1-8-4-3-5-10(9(8)2)6-11-7-12-14-13-11/h3-5,7H,6H2,1-2H3. The lowest BCUT2D eigenvalue weighted by Gasteiger charge is -2.06. The van der Waals surface area contributed by atoms with Gasteiger partial charge >= 0.3 is 0 Å². The normalized spacial score (nSPS) is 10.4. The van der Waals surface area contributed by atoms with Crippen molar-refractivity contribution in [1.29, 1.82) is 0 Å². The molecule has 0 atom stereocenters. The van der Waals surface area contributed by atoms with Gasteiger partial charge in [-0.2, -0.15) is 8.75 Å². The van der Waals surface area contributed by atoms with E-state index < -0.39 is 0 Å². The number of aryl methyl sites for hydroxylation is 1. The van der Waals surface area contributed by atoms with Gasteiger partial charge in [-0.3, -0.25) is 0 Å². The molecule has 0 fully saturated rings. The van der Waals surface area contributed by atoms with Crippen molar-refractivity contribution in [1.82, 2.24) is 8.75 Å². The van der Waals surface area contributed by atoms with E-state index in [1.54, 1.807) is 0 Å². The number of hydrogen-bond donors (Lipinski definition) is 0. The van der Waals surface area contributed by atoms with Crippen molar-refractivity contribution >= 4 is 11.7 Å². The second-order valence-corrected chi connectivity index (χ2v) is 3.99. The van der Waals surface area contributed by atoms with Gasteiger partial charge in [-0.05, 0) is 30.5 Å². The Balaban J connectivity index is 2.29. The number of nitrogens with zero attached hydrogens (tertiary/aromatic N) is 2. The van der Waals surface area contributed by atoms with Crippen LogP contribution in [0.3, 0.4) is 0 Å². The van der Waals surface area contributed by atoms with E-state index in [-0.39, 0.29) is 0 Å². The second kappa shape index (κ2) is 3.88. The van der Waals surface area contributed by atoms with E-state index in [9.17, 15) is 0 Å². The molecule has 2 rings (SSSR count). The molecule has 0 spiro atoms. The lowest BCUT2D eigenvalue weighted by Crippen LogP contribution is -1.93. The van der Waals surface area contributed by atoms with E-state index in [4.69, 9.17) is 0 Å². The summed E-state index contributed by atoms with van der Waals surface area (Å²) >= 11 is 1.27. The maximum Gasteiger partial charge on any atom is 0.0786 e. The number of hydrogen-bond acceptors (Lipinski definition) is 3. The molecular formula is C11H12N2S. The third-order valence-corrected chi connectivity index (χ3v) is 3.01. The van der Waals surface area contributed by atoms with Crippen LogP contribution in [0.15, 0.2) is 24.4 Å². The minimum absolute atomic E-state index is 0.893. The fourth-order valence-electron chi connectivity index (χ4n) is 1.46. The predicted molar refractivity (Wildman–Crippen MR) is 58.6 cm³/mol. The molecule has 3 heteroatoms. The highest BCUT2D eigenvalue weighted by Crippen LogP contribution is 2.15. The van der Waals surface area contributed by atoms with Gasteiger partial charge in [0.15, 0.2) is 0 Å². The average molecular weight is 204 g/mol. The molecule has 1 heterocycles. The van der Waals surface area contributed by atoms with Crippen LogP contribution in [-0.4, -0.2) is 8.75 Å². The number of aromatic nitrogens is 2. The Morgan fingerprint density at radius 3 is 2.86 bits per heavy atom. The highest BCUT2D eigenvalue weighted by Gasteiger charge is 2.03. The summed E-state index contributed by atoms with van der Waals surface area (Å²) < 4.78 is 8.21. The van der Waals surface area contributed by atoms with E-state index in [1.165, 1.54) is 28.4 Å². The zero-order chi connectivity index (χ0) is 9.97. The van der Waals surface area contributed by atoms with Gasteiger partial charge in [0, 0.05) is 6.42 Å². The Labute approximate surface area is 87.9 Å². The highest BCUT2D eigenvalue weighted by atomic mass is 32.1. The zero-order valence-electron chi connectivity index (χ0n) is 8.32. The van der Waals surface area contributed by atoms with Gasteiger partial charge < -0.3 is 0 Å². The van der Waals surface area contributed by atoms with Crippen molar-refractivity contribution in [3.8, 4) is 0 Å². The molecule has 0 aliphatic carbocycles. The van der Waals surface area contributed by atoms with Crippen LogP contribution in [0.2, 0.25) is 0 Å². The average Bonchev–Trinajstić information content (AvgIpc) is 2.66. The van der Waals surface area contributed by atoms with E-state index >= 15 is 0 Å². The van der Waals surface area contributed by atoms with Crippen LogP contribution in [0.1, 0.15) is 22.4 Å². The van der Waals surface area contributed by atoms with Gasteiger partial charge in [0.1, 0.15) is 0 Å². The van der Waals surface area contributed by atoms with Gasteiger partial charge in [0.25, 0.3) is 0 Å². The molecular weight excluding hydrogens is 192 g/mol. The SMILES string of the molecule is Cc1cccc(Cc2cnsn2)c1C. The lowest BCUT2D eigenvalue weighted by molar-refractivity contribution is 1.09. The maximum atomic E-state index is 4.21. The minimum Gasteiger partial charge on any atom is -0.181 e. The minimum atomic E-state index is 0.893. The summed E-state index contributed by atoms with van der Waals surface area (Å²) in [5, 5.41) is 0. The third-order valence-electron chi connectivity index (χ3n) is 2.50. The van der Waals surface area contributed by atoms with Crippen molar-refractivity contribution in [2.24, 2.45) is 0 Å². The molecule has 0 bridgehead atoms. The van der Waals surface area contributed by atoms with Gasteiger partial charge in [-0.15, -0.1) is 0 Å². The summed E-state index contributed by atoms with van der Waals surface area (Å²) in [6, 6.07) is 6.39. The van der Waals surface area contributed by atoms with E-state index in [1.807, 2.05) is 6.20 Å². The second-order valence-electron chi connectivity index (χ2n) is 3.43. The lowest BCUT2D eigenvalue weighted by atomic mass is 10.0. The Bertz CT molecular complexity index is 421. The molecule has 0 N–H and O–H groups in total. The third kappa shape index (κ3) is 1.82. The molecule has 0 saturated heterocycles. The number of rotatable bonds is 2. The summed E-state index contributed by atoms with van der Waals surface area (Å²) in [6.45, 7) is 4.29. The molecule has 14 heavy (non-hydrogen) atoms. The zero-order valence-corrected chi connectivity index (χ0v) is 9.14. The largest absolute Gasteiger partial charge is 0.181 e. The van der Waals surface area contributed by atoms with Gasteiger partial charge in [0.05, 0.1) is 23.6 Å². The van der Waals surface area contributed by atoms with Crippen molar-refractivity contribution < 1.29 is 0 Å². The van der Waals surface area contributed by atoms with Crippen molar-refractivity contribution in [3.63, 3.8) is 0 Å². The summed E-state index contributed by atoms with van der Waals surface area (Å²) in [5.41, 5.74) is 5.10. The fourth-order valence-corrected chi connectivity index (χ4v) is 1.89. The number of benzene rings is 1. The Morgan fingerprint density at radius 2 is 2.14 bits per heavy atom. The fraction of sp³-hybridized carbons (Fsp3) is 0.273. The summed E-state index contributed by atoms with van der Waals surface area (Å²) in [6.07, 6.45) is 2.73. The van der Waals surface area contributed by atoms with Crippen LogP contribution in [0.25, 0.3) is 0 Å². The molecule has 0 aliphatic heterocycles. The maximum absolute atomic E-state index is 4.21. The first-order valence-corrected chi connectivity index (χ1v) is 5.32. The molecule has 72 valence electrons. The molecule has 0 unspecified atom stereocenters. The first-order chi connectivity index (χ1) is 6.77. The van der Waals surface area contributed by atoms with Crippen molar-refractivity contribution in [2.75, 3.05) is 0 Å². The van der Waals surface area contributed by atoms with E-state index in [0.29, 0.717) is 0 Å². The molecule has 0 radical (unpaired) electrons. The first kappa shape index (κ1) is 9.34. The van der Waals surface area contributed by atoms with Crippen LogP contribution >= 0.6 is 11.7 Å². The quantitative estimate of drug-likeness (QED) is 0.751. The molecule has 0 aliphatic rings. The van der Waals surface area contributed by atoms with Crippen molar-refractivity contribution in [2.45, 2.75) is 20.3 Å².